The second-order valence-corrected chi connectivity index (χ2v) is 10.1. The second-order valence-electron chi connectivity index (χ2n) is 9.69. The quantitative estimate of drug-likeness (QED) is 0.481. The van der Waals surface area contributed by atoms with E-state index in [4.69, 9.17) is 31.3 Å². The number of methoxy groups -OCH3 is 2. The molecule has 2 heterocycles. The van der Waals surface area contributed by atoms with Gasteiger partial charge in [0.15, 0.2) is 16.6 Å². The highest BCUT2D eigenvalue weighted by Gasteiger charge is 2.40. The van der Waals surface area contributed by atoms with Crippen molar-refractivity contribution in [1.29, 1.82) is 0 Å². The van der Waals surface area contributed by atoms with Gasteiger partial charge in [-0.3, -0.25) is 4.84 Å². The van der Waals surface area contributed by atoms with Gasteiger partial charge in [-0.1, -0.05) is 38.2 Å². The van der Waals surface area contributed by atoms with Crippen molar-refractivity contribution < 1.29 is 23.8 Å². The van der Waals surface area contributed by atoms with E-state index in [1.54, 1.807) is 20.3 Å². The molecule has 0 atom stereocenters. The molecule has 1 aromatic rings. The van der Waals surface area contributed by atoms with Crippen LogP contribution in [0.5, 0.6) is 11.5 Å². The SMILES string of the molecule is COc1ccc(CNC(=O)OC2=CC3(CCN(C(=S)NC4CCCCCCC4)CC3)ON2)cc1OC. The van der Waals surface area contributed by atoms with Crippen LogP contribution in [-0.2, 0) is 16.1 Å². The smallest absolute Gasteiger partial charge is 0.414 e. The normalized spacial score (nSPS) is 19.9. The maximum atomic E-state index is 12.3. The second kappa shape index (κ2) is 12.5. The van der Waals surface area contributed by atoms with E-state index in [9.17, 15) is 4.79 Å². The van der Waals surface area contributed by atoms with Crippen molar-refractivity contribution >= 4 is 23.4 Å². The zero-order valence-electron chi connectivity index (χ0n) is 21.3. The third-order valence-electron chi connectivity index (χ3n) is 7.17. The molecular weight excluding hydrogens is 480 g/mol. The third-order valence-corrected chi connectivity index (χ3v) is 7.54. The predicted molar refractivity (Wildman–Crippen MR) is 141 cm³/mol. The number of nitrogens with one attached hydrogen (secondary N) is 3. The highest BCUT2D eigenvalue weighted by molar-refractivity contribution is 7.80. The average molecular weight is 519 g/mol. The molecule has 0 unspecified atom stereocenters. The average Bonchev–Trinajstić information content (AvgIpc) is 3.25. The van der Waals surface area contributed by atoms with E-state index in [1.165, 1.54) is 44.9 Å². The van der Waals surface area contributed by atoms with Crippen molar-refractivity contribution in [1.82, 2.24) is 21.0 Å². The number of ether oxygens (including phenoxy) is 3. The van der Waals surface area contributed by atoms with Gasteiger partial charge in [0.1, 0.15) is 5.60 Å². The number of alkyl carbamates (subject to hydrolysis) is 1. The van der Waals surface area contributed by atoms with Crippen LogP contribution in [0.3, 0.4) is 0 Å². The number of benzene rings is 1. The summed E-state index contributed by atoms with van der Waals surface area (Å²) in [5.74, 6) is 1.55. The van der Waals surface area contributed by atoms with E-state index >= 15 is 0 Å². The maximum Gasteiger partial charge on any atom is 0.414 e. The van der Waals surface area contributed by atoms with Crippen molar-refractivity contribution in [2.45, 2.75) is 76.0 Å². The van der Waals surface area contributed by atoms with Crippen LogP contribution in [0.1, 0.15) is 63.4 Å². The number of amides is 1. The number of likely N-dealkylation sites (tertiary alicyclic amines) is 1. The summed E-state index contributed by atoms with van der Waals surface area (Å²) in [5, 5.41) is 7.20. The first-order chi connectivity index (χ1) is 17.5. The summed E-state index contributed by atoms with van der Waals surface area (Å²) in [4.78, 5) is 20.4. The lowest BCUT2D eigenvalue weighted by atomic mass is 9.91. The van der Waals surface area contributed by atoms with E-state index in [0.717, 1.165) is 36.6 Å². The van der Waals surface area contributed by atoms with Gasteiger partial charge in [-0.25, -0.2) is 10.3 Å². The fraction of sp³-hybridized carbons (Fsp3) is 0.615. The largest absolute Gasteiger partial charge is 0.493 e. The molecule has 1 saturated heterocycles. The number of rotatable bonds is 6. The maximum absolute atomic E-state index is 12.3. The first-order valence-corrected chi connectivity index (χ1v) is 13.3. The Morgan fingerprint density at radius 1 is 1.11 bits per heavy atom. The summed E-state index contributed by atoms with van der Waals surface area (Å²) in [7, 11) is 3.16. The molecule has 0 aromatic heterocycles. The molecule has 4 rings (SSSR count). The molecule has 3 N–H and O–H groups in total. The van der Waals surface area contributed by atoms with Crippen molar-refractivity contribution in [2.75, 3.05) is 27.3 Å². The molecule has 2 aliphatic heterocycles. The predicted octanol–water partition coefficient (Wildman–Crippen LogP) is 4.13. The van der Waals surface area contributed by atoms with Crippen LogP contribution in [0.4, 0.5) is 4.79 Å². The number of carbonyl (C=O) groups is 1. The zero-order valence-corrected chi connectivity index (χ0v) is 22.1. The van der Waals surface area contributed by atoms with Gasteiger partial charge >= 0.3 is 6.09 Å². The Balaban J connectivity index is 1.22. The van der Waals surface area contributed by atoms with Crippen LogP contribution < -0.4 is 25.6 Å². The van der Waals surface area contributed by atoms with Gasteiger partial charge in [0.2, 0.25) is 5.88 Å². The highest BCUT2D eigenvalue weighted by Crippen LogP contribution is 2.32. The van der Waals surface area contributed by atoms with Crippen molar-refractivity contribution in [3.8, 4) is 11.5 Å². The van der Waals surface area contributed by atoms with Gasteiger partial charge in [-0.15, -0.1) is 0 Å². The minimum atomic E-state index is -0.564. The first-order valence-electron chi connectivity index (χ1n) is 12.9. The number of thiocarbonyl (C=S) groups is 1. The van der Waals surface area contributed by atoms with Gasteiger partial charge < -0.3 is 29.7 Å². The molecule has 9 nitrogen and oxygen atoms in total. The molecule has 0 radical (unpaired) electrons. The summed E-state index contributed by atoms with van der Waals surface area (Å²) in [6.45, 7) is 1.86. The van der Waals surface area contributed by atoms with E-state index in [2.05, 4.69) is 21.0 Å². The molecule has 2 fully saturated rings. The molecule has 198 valence electrons. The third kappa shape index (κ3) is 6.94. The van der Waals surface area contributed by atoms with Crippen LogP contribution in [0, 0.1) is 0 Å². The topological polar surface area (TPSA) is 93.3 Å². The molecule has 1 amide bonds. The standard InChI is InChI=1S/C26H38N4O5S/c1-32-21-11-10-19(16-22(21)33-2)18-27-25(31)34-23-17-26(35-29-23)12-14-30(15-13-26)24(36)28-20-8-6-4-3-5-7-9-20/h10-11,16-17,20,29H,3-9,12-15,18H2,1-2H3,(H,27,31)(H,28,36). The summed E-state index contributed by atoms with van der Waals surface area (Å²) >= 11 is 5.73. The summed E-state index contributed by atoms with van der Waals surface area (Å²) in [5.41, 5.74) is 3.14. The molecule has 1 spiro atoms. The lowest BCUT2D eigenvalue weighted by Crippen LogP contribution is -2.51. The summed E-state index contributed by atoms with van der Waals surface area (Å²) in [6, 6.07) is 5.95. The first kappa shape index (κ1) is 26.3. The summed E-state index contributed by atoms with van der Waals surface area (Å²) < 4.78 is 16.0. The Kier molecular flexibility index (Phi) is 9.14. The van der Waals surface area contributed by atoms with Gasteiger partial charge in [0.05, 0.1) is 14.2 Å². The van der Waals surface area contributed by atoms with Crippen molar-refractivity contribution in [3.63, 3.8) is 0 Å². The van der Waals surface area contributed by atoms with Gasteiger partial charge in [0, 0.05) is 44.6 Å². The Morgan fingerprint density at radius 3 is 2.50 bits per heavy atom. The Labute approximate surface area is 218 Å². The van der Waals surface area contributed by atoms with Crippen molar-refractivity contribution in [3.05, 3.63) is 35.7 Å². The Hall–Kier alpha value is -2.72. The van der Waals surface area contributed by atoms with Crippen LogP contribution in [0.2, 0.25) is 0 Å². The number of carbonyl (C=O) groups excluding carboxylic acids is 1. The molecule has 10 heteroatoms. The number of nitrogens with zero attached hydrogens (tertiary/aromatic N) is 1. The lowest BCUT2D eigenvalue weighted by molar-refractivity contribution is -0.0742. The number of hydrogen-bond donors (Lipinski definition) is 3. The Bertz CT molecular complexity index is 940. The van der Waals surface area contributed by atoms with Crippen LogP contribution in [0.25, 0.3) is 0 Å². The molecule has 36 heavy (non-hydrogen) atoms. The monoisotopic (exact) mass is 518 g/mol. The van der Waals surface area contributed by atoms with Crippen LogP contribution in [0.15, 0.2) is 30.2 Å². The van der Waals surface area contributed by atoms with Crippen LogP contribution >= 0.6 is 12.2 Å². The van der Waals surface area contributed by atoms with Gasteiger partial charge in [0.25, 0.3) is 0 Å². The molecule has 1 saturated carbocycles. The minimum Gasteiger partial charge on any atom is -0.493 e. The van der Waals surface area contributed by atoms with E-state index in [0.29, 0.717) is 30.0 Å². The van der Waals surface area contributed by atoms with Crippen LogP contribution in [-0.4, -0.2) is 55.1 Å². The van der Waals surface area contributed by atoms with Gasteiger partial charge in [-0.2, -0.15) is 0 Å². The molecule has 1 aromatic carbocycles. The zero-order chi connectivity index (χ0) is 25.4. The van der Waals surface area contributed by atoms with E-state index in [1.807, 2.05) is 18.2 Å². The Morgan fingerprint density at radius 2 is 1.81 bits per heavy atom. The molecule has 1 aliphatic carbocycles. The van der Waals surface area contributed by atoms with E-state index < -0.39 is 11.7 Å². The minimum absolute atomic E-state index is 0.291. The summed E-state index contributed by atoms with van der Waals surface area (Å²) in [6.07, 6.45) is 11.8. The number of hydroxylamine groups is 1. The molecular formula is C26H38N4O5S. The molecule has 3 aliphatic rings. The lowest BCUT2D eigenvalue weighted by Gasteiger charge is -2.38. The van der Waals surface area contributed by atoms with E-state index in [-0.39, 0.29) is 0 Å². The van der Waals surface area contributed by atoms with Gasteiger partial charge in [-0.05, 0) is 42.8 Å². The highest BCUT2D eigenvalue weighted by atomic mass is 32.1. The fourth-order valence-electron chi connectivity index (χ4n) is 5.00. The fourth-order valence-corrected chi connectivity index (χ4v) is 5.35. The van der Waals surface area contributed by atoms with Crippen molar-refractivity contribution in [2.24, 2.45) is 0 Å². The molecule has 0 bridgehead atoms. The number of piperidine rings is 1. The number of hydrogen-bond acceptors (Lipinski definition) is 7.